The standard InChI is InChI=1S/C15H17NO3S/c1-2-19-14(18)12-10-20-15(9-8-13(17)16(12)15)11-6-4-3-5-7-11/h3-7,12H,2,8-10H2,1H3/t12-,15+/m1/s1. The van der Waals surface area contributed by atoms with Crippen LogP contribution in [-0.4, -0.2) is 35.2 Å². The maximum atomic E-state index is 12.3. The molecule has 1 aromatic carbocycles. The van der Waals surface area contributed by atoms with Crippen LogP contribution in [0.1, 0.15) is 25.3 Å². The lowest BCUT2D eigenvalue weighted by Gasteiger charge is -2.33. The maximum absolute atomic E-state index is 12.3. The van der Waals surface area contributed by atoms with Gasteiger partial charge < -0.3 is 9.64 Å². The molecule has 2 fully saturated rings. The van der Waals surface area contributed by atoms with Gasteiger partial charge in [-0.1, -0.05) is 30.3 Å². The number of hydrogen-bond donors (Lipinski definition) is 0. The molecule has 2 aliphatic rings. The predicted molar refractivity (Wildman–Crippen MR) is 77.1 cm³/mol. The second-order valence-corrected chi connectivity index (χ2v) is 6.29. The fourth-order valence-electron chi connectivity index (χ4n) is 3.05. The maximum Gasteiger partial charge on any atom is 0.329 e. The van der Waals surface area contributed by atoms with Crippen molar-refractivity contribution in [3.63, 3.8) is 0 Å². The van der Waals surface area contributed by atoms with E-state index < -0.39 is 6.04 Å². The Balaban J connectivity index is 1.96. The van der Waals surface area contributed by atoms with Crippen LogP contribution >= 0.6 is 11.8 Å². The first-order valence-corrected chi connectivity index (χ1v) is 7.86. The number of esters is 1. The molecule has 1 aromatic rings. The van der Waals surface area contributed by atoms with Crippen LogP contribution in [0.5, 0.6) is 0 Å². The third-order valence-corrected chi connectivity index (χ3v) is 5.51. The van der Waals surface area contributed by atoms with Crippen LogP contribution < -0.4 is 0 Å². The van der Waals surface area contributed by atoms with Gasteiger partial charge in [0.1, 0.15) is 10.9 Å². The summed E-state index contributed by atoms with van der Waals surface area (Å²) in [6, 6.07) is 9.53. The van der Waals surface area contributed by atoms with E-state index in [1.165, 1.54) is 0 Å². The van der Waals surface area contributed by atoms with Crippen LogP contribution in [0.3, 0.4) is 0 Å². The molecule has 0 aromatic heterocycles. The molecule has 0 unspecified atom stereocenters. The van der Waals surface area contributed by atoms with Crippen LogP contribution in [0.25, 0.3) is 0 Å². The van der Waals surface area contributed by atoms with Gasteiger partial charge in [0.15, 0.2) is 0 Å². The Morgan fingerprint density at radius 1 is 1.45 bits per heavy atom. The van der Waals surface area contributed by atoms with E-state index in [9.17, 15) is 9.59 Å². The number of fused-ring (bicyclic) bond motifs is 1. The molecular weight excluding hydrogens is 274 g/mol. The van der Waals surface area contributed by atoms with E-state index in [1.54, 1.807) is 23.6 Å². The van der Waals surface area contributed by atoms with Gasteiger partial charge in [0, 0.05) is 12.2 Å². The topological polar surface area (TPSA) is 46.6 Å². The number of rotatable bonds is 3. The first kappa shape index (κ1) is 13.5. The Bertz CT molecular complexity index is 533. The van der Waals surface area contributed by atoms with Crippen LogP contribution in [-0.2, 0) is 19.2 Å². The summed E-state index contributed by atoms with van der Waals surface area (Å²) in [7, 11) is 0. The predicted octanol–water partition coefficient (Wildman–Crippen LogP) is 2.14. The van der Waals surface area contributed by atoms with Gasteiger partial charge in [0.05, 0.1) is 6.61 Å². The van der Waals surface area contributed by atoms with E-state index in [-0.39, 0.29) is 16.7 Å². The molecule has 2 atom stereocenters. The van der Waals surface area contributed by atoms with Crippen molar-refractivity contribution in [3.8, 4) is 0 Å². The largest absolute Gasteiger partial charge is 0.464 e. The number of benzene rings is 1. The number of ether oxygens (including phenoxy) is 1. The summed E-state index contributed by atoms with van der Waals surface area (Å²) in [6.45, 7) is 2.14. The van der Waals surface area contributed by atoms with Crippen LogP contribution in [0.2, 0.25) is 0 Å². The summed E-state index contributed by atoms with van der Waals surface area (Å²) in [5, 5.41) is 0. The van der Waals surface area contributed by atoms with Gasteiger partial charge in [-0.05, 0) is 18.9 Å². The van der Waals surface area contributed by atoms with Gasteiger partial charge in [-0.15, -0.1) is 11.8 Å². The molecule has 0 aliphatic carbocycles. The smallest absolute Gasteiger partial charge is 0.329 e. The molecule has 0 bridgehead atoms. The Morgan fingerprint density at radius 2 is 2.20 bits per heavy atom. The Labute approximate surface area is 122 Å². The normalized spacial score (nSPS) is 28.6. The van der Waals surface area contributed by atoms with E-state index in [4.69, 9.17) is 4.74 Å². The number of amides is 1. The van der Waals surface area contributed by atoms with Gasteiger partial charge in [-0.25, -0.2) is 4.79 Å². The number of thioether (sulfide) groups is 1. The summed E-state index contributed by atoms with van der Waals surface area (Å²) in [4.78, 5) is 25.7. The molecule has 5 heteroatoms. The molecule has 0 radical (unpaired) electrons. The molecule has 106 valence electrons. The fourth-order valence-corrected chi connectivity index (χ4v) is 4.69. The molecule has 2 heterocycles. The van der Waals surface area contributed by atoms with Gasteiger partial charge in [0.2, 0.25) is 5.91 Å². The molecule has 0 saturated carbocycles. The summed E-state index contributed by atoms with van der Waals surface area (Å²) in [5.41, 5.74) is 1.10. The van der Waals surface area contributed by atoms with Crippen LogP contribution in [0.15, 0.2) is 30.3 Å². The average Bonchev–Trinajstić information content (AvgIpc) is 3.00. The lowest BCUT2D eigenvalue weighted by Crippen LogP contribution is -2.46. The zero-order valence-corrected chi connectivity index (χ0v) is 12.2. The van der Waals surface area contributed by atoms with Crippen molar-refractivity contribution in [1.29, 1.82) is 0 Å². The van der Waals surface area contributed by atoms with Crippen molar-refractivity contribution < 1.29 is 14.3 Å². The molecule has 0 spiro atoms. The molecule has 3 rings (SSSR count). The summed E-state index contributed by atoms with van der Waals surface area (Å²) in [5.74, 6) is 0.379. The third-order valence-electron chi connectivity index (χ3n) is 3.91. The molecule has 4 nitrogen and oxygen atoms in total. The Morgan fingerprint density at radius 3 is 2.90 bits per heavy atom. The summed E-state index contributed by atoms with van der Waals surface area (Å²) < 4.78 is 5.12. The minimum absolute atomic E-state index is 0.0527. The minimum Gasteiger partial charge on any atom is -0.464 e. The molecule has 1 amide bonds. The van der Waals surface area contributed by atoms with Gasteiger partial charge in [0.25, 0.3) is 0 Å². The number of carbonyl (C=O) groups is 2. The Hall–Kier alpha value is -1.49. The van der Waals surface area contributed by atoms with Gasteiger partial charge >= 0.3 is 5.97 Å². The molecule has 2 saturated heterocycles. The highest BCUT2D eigenvalue weighted by Crippen LogP contribution is 2.54. The van der Waals surface area contributed by atoms with E-state index in [0.717, 1.165) is 12.0 Å². The fraction of sp³-hybridized carbons (Fsp3) is 0.467. The number of nitrogens with zero attached hydrogens (tertiary/aromatic N) is 1. The average molecular weight is 291 g/mol. The first-order chi connectivity index (χ1) is 9.69. The molecule has 0 N–H and O–H groups in total. The van der Waals surface area contributed by atoms with Crippen LogP contribution in [0, 0.1) is 0 Å². The summed E-state index contributed by atoms with van der Waals surface area (Å²) in [6.07, 6.45) is 1.26. The van der Waals surface area contributed by atoms with E-state index in [0.29, 0.717) is 18.8 Å². The zero-order valence-electron chi connectivity index (χ0n) is 11.4. The van der Waals surface area contributed by atoms with E-state index in [2.05, 4.69) is 0 Å². The van der Waals surface area contributed by atoms with Crippen molar-refractivity contribution >= 4 is 23.6 Å². The van der Waals surface area contributed by atoms with Crippen molar-refractivity contribution in [1.82, 2.24) is 4.90 Å². The van der Waals surface area contributed by atoms with Crippen LogP contribution in [0.4, 0.5) is 0 Å². The number of hydrogen-bond acceptors (Lipinski definition) is 4. The zero-order chi connectivity index (χ0) is 14.2. The lowest BCUT2D eigenvalue weighted by molar-refractivity contribution is -0.153. The second kappa shape index (κ2) is 5.13. The highest BCUT2D eigenvalue weighted by Gasteiger charge is 2.57. The quantitative estimate of drug-likeness (QED) is 0.801. The Kier molecular flexibility index (Phi) is 3.46. The second-order valence-electron chi connectivity index (χ2n) is 4.99. The SMILES string of the molecule is CCOC(=O)[C@H]1CS[C@]2(c3ccccc3)CCC(=O)N12. The molecule has 20 heavy (non-hydrogen) atoms. The van der Waals surface area contributed by atoms with Crippen molar-refractivity contribution in [3.05, 3.63) is 35.9 Å². The van der Waals surface area contributed by atoms with Gasteiger partial charge in [-0.2, -0.15) is 0 Å². The molecular formula is C15H17NO3S. The van der Waals surface area contributed by atoms with Crippen molar-refractivity contribution in [2.45, 2.75) is 30.7 Å². The van der Waals surface area contributed by atoms with E-state index >= 15 is 0 Å². The van der Waals surface area contributed by atoms with E-state index in [1.807, 2.05) is 30.3 Å². The minimum atomic E-state index is -0.449. The highest BCUT2D eigenvalue weighted by molar-refractivity contribution is 8.00. The molecule has 2 aliphatic heterocycles. The third kappa shape index (κ3) is 1.92. The van der Waals surface area contributed by atoms with Crippen molar-refractivity contribution in [2.24, 2.45) is 0 Å². The highest BCUT2D eigenvalue weighted by atomic mass is 32.2. The van der Waals surface area contributed by atoms with Gasteiger partial charge in [-0.3, -0.25) is 4.79 Å². The van der Waals surface area contributed by atoms with Crippen molar-refractivity contribution in [2.75, 3.05) is 12.4 Å². The number of carbonyl (C=O) groups excluding carboxylic acids is 2. The summed E-state index contributed by atoms with van der Waals surface area (Å²) >= 11 is 1.68. The monoisotopic (exact) mass is 291 g/mol. The lowest BCUT2D eigenvalue weighted by atomic mass is 10.0. The first-order valence-electron chi connectivity index (χ1n) is 6.87.